The lowest BCUT2D eigenvalue weighted by Gasteiger charge is -2.22. The van der Waals surface area contributed by atoms with Crippen LogP contribution in [0.5, 0.6) is 0 Å². The quantitative estimate of drug-likeness (QED) is 0.368. The van der Waals surface area contributed by atoms with Gasteiger partial charge in [0.25, 0.3) is 0 Å². The summed E-state index contributed by atoms with van der Waals surface area (Å²) in [6.07, 6.45) is 3.84. The molecule has 0 fully saturated rings. The van der Waals surface area contributed by atoms with Gasteiger partial charge in [0.05, 0.1) is 9.65 Å². The lowest BCUT2D eigenvalue weighted by Crippen LogP contribution is -2.12. The fourth-order valence-corrected chi connectivity index (χ4v) is 4.92. The Labute approximate surface area is 151 Å². The van der Waals surface area contributed by atoms with Gasteiger partial charge in [0.15, 0.2) is 5.78 Å². The topological polar surface area (TPSA) is 17.1 Å². The molecule has 2 aliphatic carbocycles. The molecular formula is C15H10Br4O. The normalized spacial score (nSPS) is 25.8. The minimum Gasteiger partial charge on any atom is -0.289 e. The summed E-state index contributed by atoms with van der Waals surface area (Å²) in [5.74, 6) is 0.111. The third-order valence-electron chi connectivity index (χ3n) is 3.67. The number of Topliss-reactive ketones (excluding diaryl/α,β-unsaturated/α-hetero) is 1. The molecular weight excluding hydrogens is 516 g/mol. The zero-order valence-electron chi connectivity index (χ0n) is 10.3. The van der Waals surface area contributed by atoms with Crippen molar-refractivity contribution in [1.82, 2.24) is 0 Å². The second-order valence-electron chi connectivity index (χ2n) is 4.89. The summed E-state index contributed by atoms with van der Waals surface area (Å²) >= 11 is 14.5. The summed E-state index contributed by atoms with van der Waals surface area (Å²) in [6, 6.07) is 5.91. The molecule has 0 spiro atoms. The van der Waals surface area contributed by atoms with Crippen molar-refractivity contribution in [3.63, 3.8) is 0 Å². The van der Waals surface area contributed by atoms with E-state index in [1.807, 2.05) is 24.3 Å². The van der Waals surface area contributed by atoms with E-state index in [1.165, 1.54) is 5.57 Å². The first-order valence-corrected chi connectivity index (χ1v) is 9.62. The molecule has 0 saturated heterocycles. The van der Waals surface area contributed by atoms with Gasteiger partial charge in [-0.2, -0.15) is 0 Å². The molecule has 0 saturated carbocycles. The third kappa shape index (κ3) is 2.55. The lowest BCUT2D eigenvalue weighted by atomic mass is 9.92. The zero-order chi connectivity index (χ0) is 14.4. The molecule has 20 heavy (non-hydrogen) atoms. The van der Waals surface area contributed by atoms with Crippen molar-refractivity contribution >= 4 is 69.5 Å². The summed E-state index contributed by atoms with van der Waals surface area (Å²) in [5.41, 5.74) is 3.83. The molecule has 1 nitrogen and oxygen atoms in total. The van der Waals surface area contributed by atoms with Crippen LogP contribution in [0.4, 0.5) is 0 Å². The van der Waals surface area contributed by atoms with Crippen molar-refractivity contribution in [2.75, 3.05) is 0 Å². The van der Waals surface area contributed by atoms with Gasteiger partial charge in [-0.05, 0) is 46.7 Å². The van der Waals surface area contributed by atoms with Crippen LogP contribution in [0.2, 0.25) is 0 Å². The third-order valence-corrected chi connectivity index (χ3v) is 7.60. The number of carbonyl (C=O) groups excluding carboxylic acids is 1. The van der Waals surface area contributed by atoms with E-state index in [0.717, 1.165) is 38.5 Å². The van der Waals surface area contributed by atoms with E-state index < -0.39 is 0 Å². The second-order valence-corrected chi connectivity index (χ2v) is 8.80. The van der Waals surface area contributed by atoms with Crippen molar-refractivity contribution < 1.29 is 4.79 Å². The highest BCUT2D eigenvalue weighted by Gasteiger charge is 2.34. The molecule has 0 N–H and O–H groups in total. The Balaban J connectivity index is 2.24. The fraction of sp³-hybridized carbons (Fsp3) is 0.267. The van der Waals surface area contributed by atoms with Crippen LogP contribution in [-0.2, 0) is 0 Å². The van der Waals surface area contributed by atoms with E-state index in [0.29, 0.717) is 0 Å². The van der Waals surface area contributed by atoms with Gasteiger partial charge in [0.1, 0.15) is 0 Å². The summed E-state index contributed by atoms with van der Waals surface area (Å²) in [4.78, 5) is 13.1. The van der Waals surface area contributed by atoms with Gasteiger partial charge >= 0.3 is 0 Å². The van der Waals surface area contributed by atoms with Crippen molar-refractivity contribution in [3.05, 3.63) is 55.5 Å². The summed E-state index contributed by atoms with van der Waals surface area (Å²) in [6.45, 7) is 0. The maximum Gasteiger partial charge on any atom is 0.193 e. The van der Waals surface area contributed by atoms with Gasteiger partial charge in [0, 0.05) is 15.6 Å². The van der Waals surface area contributed by atoms with Gasteiger partial charge in [0.2, 0.25) is 0 Å². The molecule has 2 aliphatic rings. The van der Waals surface area contributed by atoms with Crippen LogP contribution < -0.4 is 0 Å². The molecule has 2 unspecified atom stereocenters. The Morgan fingerprint density at radius 3 is 2.55 bits per heavy atom. The average Bonchev–Trinajstić information content (AvgIpc) is 2.50. The number of allylic oxidation sites excluding steroid dienone is 4. The van der Waals surface area contributed by atoms with Crippen LogP contribution in [0.1, 0.15) is 33.6 Å². The number of benzene rings is 1. The molecule has 5 heteroatoms. The predicted octanol–water partition coefficient (Wildman–Crippen LogP) is 6.21. The molecule has 0 heterocycles. The maximum absolute atomic E-state index is 12.9. The van der Waals surface area contributed by atoms with Gasteiger partial charge < -0.3 is 0 Å². The zero-order valence-corrected chi connectivity index (χ0v) is 16.6. The number of hydrogen-bond donors (Lipinski definition) is 0. The minimum absolute atomic E-state index is 0.104. The Bertz CT molecular complexity index is 660. The smallest absolute Gasteiger partial charge is 0.193 e. The van der Waals surface area contributed by atoms with Crippen LogP contribution in [0.3, 0.4) is 0 Å². The lowest BCUT2D eigenvalue weighted by molar-refractivity contribution is 0.103. The van der Waals surface area contributed by atoms with Crippen molar-refractivity contribution in [2.24, 2.45) is 0 Å². The van der Waals surface area contributed by atoms with E-state index >= 15 is 0 Å². The monoisotopic (exact) mass is 522 g/mol. The Morgan fingerprint density at radius 2 is 1.80 bits per heavy atom. The molecule has 0 bridgehead atoms. The standard InChI is InChI=1S/C15H10Br4O/c16-7-1-3-9-11(5-7)15(20)12-6-8(17)2-4-10(12)14(19)13(9)18/h1,3,5-6,13-14H,2,4H2. The molecule has 104 valence electrons. The van der Waals surface area contributed by atoms with Gasteiger partial charge in [-0.1, -0.05) is 69.8 Å². The average molecular weight is 526 g/mol. The fourth-order valence-electron chi connectivity index (χ4n) is 2.65. The summed E-state index contributed by atoms with van der Waals surface area (Å²) < 4.78 is 2.02. The maximum atomic E-state index is 12.9. The van der Waals surface area contributed by atoms with Crippen LogP contribution in [-0.4, -0.2) is 10.6 Å². The number of alkyl halides is 2. The first kappa shape index (κ1) is 15.2. The van der Waals surface area contributed by atoms with Crippen LogP contribution in [0, 0.1) is 0 Å². The Kier molecular flexibility index (Phi) is 4.42. The van der Waals surface area contributed by atoms with Crippen LogP contribution >= 0.6 is 63.7 Å². The first-order valence-electron chi connectivity index (χ1n) is 6.20. The molecule has 0 radical (unpaired) electrons. The number of fused-ring (bicyclic) bond motifs is 1. The molecule has 0 aromatic heterocycles. The van der Waals surface area contributed by atoms with Crippen molar-refractivity contribution in [3.8, 4) is 0 Å². The van der Waals surface area contributed by atoms with E-state index in [9.17, 15) is 4.79 Å². The molecule has 0 aliphatic heterocycles. The molecule has 0 amide bonds. The number of carbonyl (C=O) groups is 1. The van der Waals surface area contributed by atoms with Crippen molar-refractivity contribution in [1.29, 1.82) is 0 Å². The van der Waals surface area contributed by atoms with Gasteiger partial charge in [-0.25, -0.2) is 0 Å². The molecule has 3 rings (SSSR count). The SMILES string of the molecule is O=C1C2=C(CCC(Br)=C2)C(Br)C(Br)c2ccc(Br)cc21. The minimum atomic E-state index is 0.104. The Morgan fingerprint density at radius 1 is 1.05 bits per heavy atom. The largest absolute Gasteiger partial charge is 0.289 e. The first-order chi connectivity index (χ1) is 9.49. The van der Waals surface area contributed by atoms with Gasteiger partial charge in [-0.3, -0.25) is 4.79 Å². The summed E-state index contributed by atoms with van der Waals surface area (Å²) in [5, 5.41) is 0. The molecule has 1 aromatic carbocycles. The predicted molar refractivity (Wildman–Crippen MR) is 96.1 cm³/mol. The number of rotatable bonds is 0. The highest BCUT2D eigenvalue weighted by atomic mass is 79.9. The molecule has 2 atom stereocenters. The summed E-state index contributed by atoms with van der Waals surface area (Å²) in [7, 11) is 0. The van der Waals surface area contributed by atoms with E-state index in [2.05, 4.69) is 63.7 Å². The Hall–Kier alpha value is 0.290. The van der Waals surface area contributed by atoms with E-state index in [4.69, 9.17) is 0 Å². The van der Waals surface area contributed by atoms with E-state index in [-0.39, 0.29) is 15.4 Å². The second kappa shape index (κ2) is 5.82. The molecule has 1 aromatic rings. The highest BCUT2D eigenvalue weighted by Crippen LogP contribution is 2.46. The number of ketones is 1. The number of hydrogen-bond acceptors (Lipinski definition) is 1. The van der Waals surface area contributed by atoms with E-state index in [1.54, 1.807) is 0 Å². The van der Waals surface area contributed by atoms with Gasteiger partial charge in [-0.15, -0.1) is 0 Å². The van der Waals surface area contributed by atoms with Crippen molar-refractivity contribution in [2.45, 2.75) is 22.5 Å². The van der Waals surface area contributed by atoms with Crippen LogP contribution in [0.15, 0.2) is 44.4 Å². The van der Waals surface area contributed by atoms with Crippen LogP contribution in [0.25, 0.3) is 0 Å². The number of halogens is 4. The highest BCUT2D eigenvalue weighted by molar-refractivity contribution is 9.12.